The highest BCUT2D eigenvalue weighted by Crippen LogP contribution is 2.15. The van der Waals surface area contributed by atoms with Crippen LogP contribution in [0.2, 0.25) is 0 Å². The molecule has 0 aliphatic heterocycles. The van der Waals surface area contributed by atoms with E-state index in [1.807, 2.05) is 12.1 Å². The van der Waals surface area contributed by atoms with Gasteiger partial charge in [0.2, 0.25) is 0 Å². The van der Waals surface area contributed by atoms with Gasteiger partial charge in [-0.05, 0) is 26.0 Å². The van der Waals surface area contributed by atoms with Crippen molar-refractivity contribution in [1.29, 1.82) is 5.26 Å². The summed E-state index contributed by atoms with van der Waals surface area (Å²) in [6.07, 6.45) is 1.73. The Balaban J connectivity index is 2.80. The summed E-state index contributed by atoms with van der Waals surface area (Å²) in [5.74, 6) is 0. The maximum Gasteiger partial charge on any atom is 0.140 e. The van der Waals surface area contributed by atoms with Crippen molar-refractivity contribution < 1.29 is 4.74 Å². The smallest absolute Gasteiger partial charge is 0.140 e. The van der Waals surface area contributed by atoms with Crippen molar-refractivity contribution in [3.8, 4) is 6.07 Å². The maximum absolute atomic E-state index is 8.67. The molecule has 0 aliphatic rings. The molecule has 4 nitrogen and oxygen atoms in total. The highest BCUT2D eigenvalue weighted by molar-refractivity contribution is 5.46. The van der Waals surface area contributed by atoms with Crippen LogP contribution < -0.4 is 4.90 Å². The first kappa shape index (κ1) is 12.5. The van der Waals surface area contributed by atoms with E-state index in [9.17, 15) is 0 Å². The van der Waals surface area contributed by atoms with Gasteiger partial charge in [-0.3, -0.25) is 0 Å². The third-order valence-electron chi connectivity index (χ3n) is 2.35. The number of nitriles is 1. The second-order valence-corrected chi connectivity index (χ2v) is 3.79. The molecule has 0 N–H and O–H groups in total. The summed E-state index contributed by atoms with van der Waals surface area (Å²) in [7, 11) is 1.69. The lowest BCUT2D eigenvalue weighted by molar-refractivity contribution is 0.204. The Morgan fingerprint density at radius 2 is 2.25 bits per heavy atom. The summed E-state index contributed by atoms with van der Waals surface area (Å²) in [6.45, 7) is 5.74. The molecule has 1 heterocycles. The summed E-state index contributed by atoms with van der Waals surface area (Å²) in [4.78, 5) is 6.26. The van der Waals surface area contributed by atoms with E-state index in [2.05, 4.69) is 23.7 Å². The Labute approximate surface area is 96.5 Å². The second-order valence-electron chi connectivity index (χ2n) is 3.79. The molecule has 0 radical (unpaired) electrons. The zero-order chi connectivity index (χ0) is 12.0. The standard InChI is InChI=1S/C12H17N3O/c1-10(2)15(6-7-16-3)12-5-4-11(8-13)14-9-12/h4-5,9-10H,6-7H2,1-3H3. The van der Waals surface area contributed by atoms with Gasteiger partial charge < -0.3 is 9.64 Å². The highest BCUT2D eigenvalue weighted by Gasteiger charge is 2.10. The van der Waals surface area contributed by atoms with Crippen LogP contribution in [0.3, 0.4) is 0 Å². The summed E-state index contributed by atoms with van der Waals surface area (Å²) in [5.41, 5.74) is 1.46. The molecule has 0 saturated heterocycles. The zero-order valence-electron chi connectivity index (χ0n) is 9.97. The maximum atomic E-state index is 8.67. The number of ether oxygens (including phenoxy) is 1. The van der Waals surface area contributed by atoms with Crippen LogP contribution in [0.5, 0.6) is 0 Å². The number of pyridine rings is 1. The lowest BCUT2D eigenvalue weighted by Gasteiger charge is -2.28. The Morgan fingerprint density at radius 3 is 2.69 bits per heavy atom. The molecule has 0 unspecified atom stereocenters. The molecule has 1 rings (SSSR count). The molecule has 0 spiro atoms. The van der Waals surface area contributed by atoms with Crippen LogP contribution in [-0.4, -0.2) is 31.3 Å². The topological polar surface area (TPSA) is 49.1 Å². The first-order chi connectivity index (χ1) is 7.69. The number of nitrogens with zero attached hydrogens (tertiary/aromatic N) is 3. The van der Waals surface area contributed by atoms with Gasteiger partial charge in [0, 0.05) is 19.7 Å². The van der Waals surface area contributed by atoms with Crippen LogP contribution in [0.1, 0.15) is 19.5 Å². The SMILES string of the molecule is COCCN(c1ccc(C#N)nc1)C(C)C. The van der Waals surface area contributed by atoms with Gasteiger partial charge in [0.05, 0.1) is 18.5 Å². The molecule has 0 saturated carbocycles. The van der Waals surface area contributed by atoms with E-state index >= 15 is 0 Å². The van der Waals surface area contributed by atoms with E-state index < -0.39 is 0 Å². The van der Waals surface area contributed by atoms with Crippen LogP contribution >= 0.6 is 0 Å². The van der Waals surface area contributed by atoms with E-state index in [1.54, 1.807) is 19.4 Å². The van der Waals surface area contributed by atoms with E-state index in [1.165, 1.54) is 0 Å². The molecule has 16 heavy (non-hydrogen) atoms. The molecule has 0 amide bonds. The average molecular weight is 219 g/mol. The summed E-state index contributed by atoms with van der Waals surface area (Å²) in [6, 6.07) is 6.04. The second kappa shape index (κ2) is 6.09. The molecule has 4 heteroatoms. The van der Waals surface area contributed by atoms with Crippen molar-refractivity contribution in [2.24, 2.45) is 0 Å². The summed E-state index contributed by atoms with van der Waals surface area (Å²) >= 11 is 0. The molecule has 0 fully saturated rings. The Bertz CT molecular complexity index is 354. The highest BCUT2D eigenvalue weighted by atomic mass is 16.5. The molecule has 1 aromatic rings. The third kappa shape index (κ3) is 3.21. The van der Waals surface area contributed by atoms with E-state index in [0.717, 1.165) is 12.2 Å². The first-order valence-corrected chi connectivity index (χ1v) is 5.30. The van der Waals surface area contributed by atoms with Crippen molar-refractivity contribution in [2.45, 2.75) is 19.9 Å². The van der Waals surface area contributed by atoms with Gasteiger partial charge in [0.15, 0.2) is 0 Å². The van der Waals surface area contributed by atoms with Gasteiger partial charge in [-0.1, -0.05) is 0 Å². The van der Waals surface area contributed by atoms with Crippen LogP contribution in [0, 0.1) is 11.3 Å². The lowest BCUT2D eigenvalue weighted by atomic mass is 10.2. The zero-order valence-corrected chi connectivity index (χ0v) is 9.97. The fraction of sp³-hybridized carbons (Fsp3) is 0.500. The number of methoxy groups -OCH3 is 1. The molecule has 0 atom stereocenters. The van der Waals surface area contributed by atoms with E-state index in [4.69, 9.17) is 10.00 Å². The van der Waals surface area contributed by atoms with Gasteiger partial charge in [-0.15, -0.1) is 0 Å². The van der Waals surface area contributed by atoms with E-state index in [-0.39, 0.29) is 0 Å². The number of hydrogen-bond donors (Lipinski definition) is 0. The monoisotopic (exact) mass is 219 g/mol. The Morgan fingerprint density at radius 1 is 1.50 bits per heavy atom. The van der Waals surface area contributed by atoms with Crippen LogP contribution in [-0.2, 0) is 4.74 Å². The fourth-order valence-electron chi connectivity index (χ4n) is 1.50. The van der Waals surface area contributed by atoms with Crippen molar-refractivity contribution >= 4 is 5.69 Å². The van der Waals surface area contributed by atoms with E-state index in [0.29, 0.717) is 18.3 Å². The minimum atomic E-state index is 0.380. The van der Waals surface area contributed by atoms with Crippen molar-refractivity contribution in [3.05, 3.63) is 24.0 Å². The number of hydrogen-bond acceptors (Lipinski definition) is 4. The van der Waals surface area contributed by atoms with Crippen molar-refractivity contribution in [2.75, 3.05) is 25.2 Å². The predicted octanol–water partition coefficient (Wildman–Crippen LogP) is 1.81. The van der Waals surface area contributed by atoms with Gasteiger partial charge >= 0.3 is 0 Å². The first-order valence-electron chi connectivity index (χ1n) is 5.30. The summed E-state index contributed by atoms with van der Waals surface area (Å²) < 4.78 is 5.07. The van der Waals surface area contributed by atoms with Crippen LogP contribution in [0.4, 0.5) is 5.69 Å². The Kier molecular flexibility index (Phi) is 4.74. The molecule has 0 bridgehead atoms. The number of rotatable bonds is 5. The molecule has 86 valence electrons. The fourth-order valence-corrected chi connectivity index (χ4v) is 1.50. The quantitative estimate of drug-likeness (QED) is 0.758. The summed E-state index contributed by atoms with van der Waals surface area (Å²) in [5, 5.41) is 8.67. The molecular formula is C12H17N3O. The van der Waals surface area contributed by atoms with Gasteiger partial charge in [-0.2, -0.15) is 5.26 Å². The minimum absolute atomic E-state index is 0.380. The van der Waals surface area contributed by atoms with Gasteiger partial charge in [-0.25, -0.2) is 4.98 Å². The predicted molar refractivity (Wildman–Crippen MR) is 63.3 cm³/mol. The molecular weight excluding hydrogens is 202 g/mol. The normalized spacial score (nSPS) is 10.2. The minimum Gasteiger partial charge on any atom is -0.383 e. The van der Waals surface area contributed by atoms with Crippen molar-refractivity contribution in [3.63, 3.8) is 0 Å². The molecule has 0 aliphatic carbocycles. The lowest BCUT2D eigenvalue weighted by Crippen LogP contribution is -2.33. The average Bonchev–Trinajstić information content (AvgIpc) is 2.30. The number of anilines is 1. The largest absolute Gasteiger partial charge is 0.383 e. The number of aromatic nitrogens is 1. The third-order valence-corrected chi connectivity index (χ3v) is 2.35. The van der Waals surface area contributed by atoms with Gasteiger partial charge in [0.1, 0.15) is 11.8 Å². The molecule has 0 aromatic carbocycles. The Hall–Kier alpha value is -1.60. The van der Waals surface area contributed by atoms with Crippen LogP contribution in [0.15, 0.2) is 18.3 Å². The van der Waals surface area contributed by atoms with Gasteiger partial charge in [0.25, 0.3) is 0 Å². The van der Waals surface area contributed by atoms with Crippen molar-refractivity contribution in [1.82, 2.24) is 4.98 Å². The molecule has 1 aromatic heterocycles. The van der Waals surface area contributed by atoms with Crippen LogP contribution in [0.25, 0.3) is 0 Å².